The van der Waals surface area contributed by atoms with Gasteiger partial charge in [0.1, 0.15) is 5.82 Å². The smallest absolute Gasteiger partial charge is 0.330 e. The molecule has 0 aliphatic carbocycles. The number of carboxylic acid groups (broad SMARTS) is 1. The fourth-order valence-corrected chi connectivity index (χ4v) is 2.40. The Kier molecular flexibility index (Phi) is 4.47. The number of anilines is 1. The number of benzene rings is 2. The lowest BCUT2D eigenvalue weighted by Gasteiger charge is -2.18. The average Bonchev–Trinajstić information content (AvgIpc) is 2.37. The van der Waals surface area contributed by atoms with E-state index in [1.807, 2.05) is 0 Å². The maximum Gasteiger partial charge on any atom is 0.330 e. The molecule has 104 valence electrons. The molecule has 0 bridgehead atoms. The maximum atomic E-state index is 13.1. The molecule has 2 N–H and O–H groups in total. The van der Waals surface area contributed by atoms with E-state index in [4.69, 9.17) is 23.2 Å². The van der Waals surface area contributed by atoms with Gasteiger partial charge in [0.25, 0.3) is 0 Å². The van der Waals surface area contributed by atoms with Gasteiger partial charge in [-0.25, -0.2) is 9.18 Å². The third kappa shape index (κ3) is 3.21. The van der Waals surface area contributed by atoms with Crippen LogP contribution in [0.4, 0.5) is 10.1 Å². The predicted molar refractivity (Wildman–Crippen MR) is 76.9 cm³/mol. The molecule has 2 aromatic carbocycles. The summed E-state index contributed by atoms with van der Waals surface area (Å²) in [5.74, 6) is -1.63. The number of hydrogen-bond acceptors (Lipinski definition) is 2. The van der Waals surface area contributed by atoms with Crippen molar-refractivity contribution in [2.24, 2.45) is 0 Å². The molecule has 0 saturated heterocycles. The van der Waals surface area contributed by atoms with Crippen molar-refractivity contribution in [3.8, 4) is 0 Å². The van der Waals surface area contributed by atoms with Gasteiger partial charge in [-0.3, -0.25) is 0 Å². The SMILES string of the molecule is O=C(O)C(Nc1cccc(F)c1)c1c(Cl)cccc1Cl. The van der Waals surface area contributed by atoms with Crippen LogP contribution in [-0.2, 0) is 4.79 Å². The van der Waals surface area contributed by atoms with Crippen LogP contribution in [0.1, 0.15) is 11.6 Å². The normalized spacial score (nSPS) is 11.9. The Hall–Kier alpha value is -1.78. The van der Waals surface area contributed by atoms with E-state index in [0.29, 0.717) is 5.69 Å². The molecular formula is C14H10Cl2FNO2. The number of carboxylic acids is 1. The lowest BCUT2D eigenvalue weighted by Crippen LogP contribution is -2.21. The molecule has 6 heteroatoms. The number of halogens is 3. The number of nitrogens with one attached hydrogen (secondary N) is 1. The lowest BCUT2D eigenvalue weighted by molar-refractivity contribution is -0.138. The first-order chi connectivity index (χ1) is 9.49. The van der Waals surface area contributed by atoms with Crippen molar-refractivity contribution in [2.75, 3.05) is 5.32 Å². The molecular weight excluding hydrogens is 304 g/mol. The quantitative estimate of drug-likeness (QED) is 0.881. The maximum absolute atomic E-state index is 13.1. The number of aliphatic carboxylic acids is 1. The van der Waals surface area contributed by atoms with Crippen LogP contribution in [0, 0.1) is 5.82 Å². The first-order valence-corrected chi connectivity index (χ1v) is 6.43. The molecule has 20 heavy (non-hydrogen) atoms. The zero-order valence-electron chi connectivity index (χ0n) is 10.1. The molecule has 2 rings (SSSR count). The summed E-state index contributed by atoms with van der Waals surface area (Å²) in [6.07, 6.45) is 0. The van der Waals surface area contributed by atoms with Crippen LogP contribution in [0.5, 0.6) is 0 Å². The zero-order valence-corrected chi connectivity index (χ0v) is 11.6. The van der Waals surface area contributed by atoms with Gasteiger partial charge in [0.15, 0.2) is 6.04 Å². The Morgan fingerprint density at radius 1 is 1.15 bits per heavy atom. The van der Waals surface area contributed by atoms with E-state index in [2.05, 4.69) is 5.32 Å². The number of hydrogen-bond donors (Lipinski definition) is 2. The second kappa shape index (κ2) is 6.11. The molecule has 0 saturated carbocycles. The van der Waals surface area contributed by atoms with Gasteiger partial charge >= 0.3 is 5.97 Å². The van der Waals surface area contributed by atoms with Gasteiger partial charge in [0.2, 0.25) is 0 Å². The van der Waals surface area contributed by atoms with E-state index in [9.17, 15) is 14.3 Å². The summed E-state index contributed by atoms with van der Waals surface area (Å²) in [4.78, 5) is 11.4. The average molecular weight is 314 g/mol. The van der Waals surface area contributed by atoms with Crippen LogP contribution >= 0.6 is 23.2 Å². The molecule has 1 unspecified atom stereocenters. The highest BCUT2D eigenvalue weighted by atomic mass is 35.5. The van der Waals surface area contributed by atoms with Gasteiger partial charge in [-0.2, -0.15) is 0 Å². The summed E-state index contributed by atoms with van der Waals surface area (Å²) in [7, 11) is 0. The van der Waals surface area contributed by atoms with Crippen LogP contribution in [0.25, 0.3) is 0 Å². The second-order valence-corrected chi connectivity index (χ2v) is 4.88. The first kappa shape index (κ1) is 14.6. The minimum Gasteiger partial charge on any atom is -0.479 e. The summed E-state index contributed by atoms with van der Waals surface area (Å²) >= 11 is 12.0. The van der Waals surface area contributed by atoms with Crippen LogP contribution in [0.15, 0.2) is 42.5 Å². The molecule has 0 spiro atoms. The van der Waals surface area contributed by atoms with Crippen LogP contribution in [-0.4, -0.2) is 11.1 Å². The molecule has 0 aliphatic rings. The molecule has 3 nitrogen and oxygen atoms in total. The van der Waals surface area contributed by atoms with Crippen LogP contribution in [0.3, 0.4) is 0 Å². The van der Waals surface area contributed by atoms with E-state index in [0.717, 1.165) is 0 Å². The first-order valence-electron chi connectivity index (χ1n) is 5.68. The summed E-state index contributed by atoms with van der Waals surface area (Å²) in [6.45, 7) is 0. The minimum absolute atomic E-state index is 0.230. The van der Waals surface area contributed by atoms with E-state index in [-0.39, 0.29) is 15.6 Å². The highest BCUT2D eigenvalue weighted by Crippen LogP contribution is 2.32. The monoisotopic (exact) mass is 313 g/mol. The third-order valence-electron chi connectivity index (χ3n) is 2.67. The van der Waals surface area contributed by atoms with E-state index in [1.165, 1.54) is 18.2 Å². The molecule has 0 aliphatic heterocycles. The van der Waals surface area contributed by atoms with E-state index >= 15 is 0 Å². The second-order valence-electron chi connectivity index (χ2n) is 4.06. The fourth-order valence-electron chi connectivity index (χ4n) is 1.79. The van der Waals surface area contributed by atoms with Gasteiger partial charge in [0, 0.05) is 21.3 Å². The van der Waals surface area contributed by atoms with Gasteiger partial charge < -0.3 is 10.4 Å². The molecule has 0 fully saturated rings. The molecule has 1 atom stereocenters. The Labute approximate surface area is 124 Å². The molecule has 0 amide bonds. The molecule has 0 radical (unpaired) electrons. The predicted octanol–water partition coefficient (Wildman–Crippen LogP) is 4.37. The topological polar surface area (TPSA) is 49.3 Å². The van der Waals surface area contributed by atoms with Crippen molar-refractivity contribution in [3.63, 3.8) is 0 Å². The van der Waals surface area contributed by atoms with Gasteiger partial charge in [-0.15, -0.1) is 0 Å². The van der Waals surface area contributed by atoms with Crippen LogP contribution < -0.4 is 5.32 Å². The van der Waals surface area contributed by atoms with E-state index < -0.39 is 17.8 Å². The number of rotatable bonds is 4. The van der Waals surface area contributed by atoms with Crippen molar-refractivity contribution in [1.82, 2.24) is 0 Å². The Morgan fingerprint density at radius 2 is 1.75 bits per heavy atom. The Balaban J connectivity index is 2.40. The Bertz CT molecular complexity index is 629. The third-order valence-corrected chi connectivity index (χ3v) is 3.33. The molecule has 2 aromatic rings. The summed E-state index contributed by atoms with van der Waals surface area (Å²) in [6, 6.07) is 9.05. The highest BCUT2D eigenvalue weighted by molar-refractivity contribution is 6.36. The summed E-state index contributed by atoms with van der Waals surface area (Å²) in [5, 5.41) is 12.5. The van der Waals surface area contributed by atoms with Crippen molar-refractivity contribution in [3.05, 3.63) is 63.9 Å². The molecule has 0 aromatic heterocycles. The molecule has 0 heterocycles. The largest absolute Gasteiger partial charge is 0.479 e. The van der Waals surface area contributed by atoms with Gasteiger partial charge in [-0.1, -0.05) is 35.3 Å². The summed E-state index contributed by atoms with van der Waals surface area (Å²) in [5.41, 5.74) is 0.570. The standard InChI is InChI=1S/C14H10Cl2FNO2/c15-10-5-2-6-11(16)12(10)13(14(19)20)18-9-4-1-3-8(17)7-9/h1-7,13,18H,(H,19,20). The van der Waals surface area contributed by atoms with Crippen molar-refractivity contribution < 1.29 is 14.3 Å². The highest BCUT2D eigenvalue weighted by Gasteiger charge is 2.24. The van der Waals surface area contributed by atoms with Crippen molar-refractivity contribution in [2.45, 2.75) is 6.04 Å². The lowest BCUT2D eigenvalue weighted by atomic mass is 10.1. The van der Waals surface area contributed by atoms with Crippen molar-refractivity contribution in [1.29, 1.82) is 0 Å². The van der Waals surface area contributed by atoms with Gasteiger partial charge in [-0.05, 0) is 30.3 Å². The zero-order chi connectivity index (χ0) is 14.7. The van der Waals surface area contributed by atoms with Gasteiger partial charge in [0.05, 0.1) is 0 Å². The van der Waals surface area contributed by atoms with Crippen molar-refractivity contribution >= 4 is 34.9 Å². The summed E-state index contributed by atoms with van der Waals surface area (Å²) < 4.78 is 13.1. The van der Waals surface area contributed by atoms with E-state index in [1.54, 1.807) is 24.3 Å². The Morgan fingerprint density at radius 3 is 2.30 bits per heavy atom. The fraction of sp³-hybridized carbons (Fsp3) is 0.0714. The van der Waals surface area contributed by atoms with Crippen LogP contribution in [0.2, 0.25) is 10.0 Å². The number of carbonyl (C=O) groups is 1. The minimum atomic E-state index is -1.17.